The van der Waals surface area contributed by atoms with Crippen LogP contribution in [0.2, 0.25) is 0 Å². The number of para-hydroxylation sites is 1. The standard InChI is InChI=1S/C17H17NO2/c1-12-14(6-4-9-18-12)16(19)11-13-8-10-20-17-7-3-2-5-15(13)17/h2-7,9,13H,8,10-11H2,1H3. The lowest BCUT2D eigenvalue weighted by Crippen LogP contribution is -2.17. The summed E-state index contributed by atoms with van der Waals surface area (Å²) >= 11 is 0. The number of ketones is 1. The van der Waals surface area contributed by atoms with Crippen molar-refractivity contribution in [3.8, 4) is 5.75 Å². The van der Waals surface area contributed by atoms with Crippen LogP contribution in [0.4, 0.5) is 0 Å². The highest BCUT2D eigenvalue weighted by molar-refractivity contribution is 5.97. The van der Waals surface area contributed by atoms with Crippen LogP contribution >= 0.6 is 0 Å². The molecule has 0 spiro atoms. The van der Waals surface area contributed by atoms with Crippen molar-refractivity contribution < 1.29 is 9.53 Å². The van der Waals surface area contributed by atoms with E-state index < -0.39 is 0 Å². The molecule has 0 fully saturated rings. The number of pyridine rings is 1. The average Bonchev–Trinajstić information content (AvgIpc) is 2.48. The van der Waals surface area contributed by atoms with E-state index in [9.17, 15) is 4.79 Å². The number of nitrogens with zero attached hydrogens (tertiary/aromatic N) is 1. The highest BCUT2D eigenvalue weighted by Crippen LogP contribution is 2.36. The minimum Gasteiger partial charge on any atom is -0.493 e. The summed E-state index contributed by atoms with van der Waals surface area (Å²) in [6.07, 6.45) is 3.13. The Balaban J connectivity index is 1.83. The molecular formula is C17H17NO2. The van der Waals surface area contributed by atoms with Gasteiger partial charge in [0.2, 0.25) is 0 Å². The second-order valence-corrected chi connectivity index (χ2v) is 5.14. The number of ether oxygens (including phenoxy) is 1. The van der Waals surface area contributed by atoms with Gasteiger partial charge in [0, 0.05) is 23.9 Å². The van der Waals surface area contributed by atoms with Gasteiger partial charge < -0.3 is 4.74 Å². The normalized spacial score (nSPS) is 17.1. The number of carbonyl (C=O) groups is 1. The monoisotopic (exact) mass is 267 g/mol. The maximum atomic E-state index is 12.5. The molecule has 1 aliphatic rings. The summed E-state index contributed by atoms with van der Waals surface area (Å²) in [6, 6.07) is 11.7. The highest BCUT2D eigenvalue weighted by Gasteiger charge is 2.24. The van der Waals surface area contributed by atoms with Crippen LogP contribution in [0.1, 0.15) is 40.4 Å². The predicted molar refractivity (Wildman–Crippen MR) is 77.2 cm³/mol. The molecule has 1 aromatic heterocycles. The van der Waals surface area contributed by atoms with E-state index in [4.69, 9.17) is 4.74 Å². The molecule has 3 rings (SSSR count). The molecule has 102 valence electrons. The number of rotatable bonds is 3. The zero-order valence-corrected chi connectivity index (χ0v) is 11.5. The van der Waals surface area contributed by atoms with Gasteiger partial charge >= 0.3 is 0 Å². The Morgan fingerprint density at radius 1 is 1.30 bits per heavy atom. The van der Waals surface area contributed by atoms with Gasteiger partial charge in [-0.15, -0.1) is 0 Å². The number of aromatic nitrogens is 1. The van der Waals surface area contributed by atoms with Gasteiger partial charge in [-0.05, 0) is 43.0 Å². The van der Waals surface area contributed by atoms with Crippen molar-refractivity contribution in [3.63, 3.8) is 0 Å². The smallest absolute Gasteiger partial charge is 0.165 e. The fraction of sp³-hybridized carbons (Fsp3) is 0.294. The van der Waals surface area contributed by atoms with Crippen LogP contribution in [0.15, 0.2) is 42.6 Å². The van der Waals surface area contributed by atoms with E-state index in [2.05, 4.69) is 11.1 Å². The summed E-state index contributed by atoms with van der Waals surface area (Å²) in [5.41, 5.74) is 2.68. The number of fused-ring (bicyclic) bond motifs is 1. The molecule has 20 heavy (non-hydrogen) atoms. The van der Waals surface area contributed by atoms with Gasteiger partial charge in [-0.3, -0.25) is 9.78 Å². The third-order valence-corrected chi connectivity index (χ3v) is 3.82. The number of hydrogen-bond acceptors (Lipinski definition) is 3. The number of Topliss-reactive ketones (excluding diaryl/α,β-unsaturated/α-hetero) is 1. The van der Waals surface area contributed by atoms with E-state index in [-0.39, 0.29) is 11.7 Å². The van der Waals surface area contributed by atoms with Gasteiger partial charge in [-0.1, -0.05) is 18.2 Å². The van der Waals surface area contributed by atoms with Crippen LogP contribution < -0.4 is 4.74 Å². The topological polar surface area (TPSA) is 39.2 Å². The first-order valence-corrected chi connectivity index (χ1v) is 6.92. The minimum absolute atomic E-state index is 0.164. The highest BCUT2D eigenvalue weighted by atomic mass is 16.5. The molecule has 1 unspecified atom stereocenters. The van der Waals surface area contributed by atoms with Gasteiger partial charge in [-0.2, -0.15) is 0 Å². The van der Waals surface area contributed by atoms with Gasteiger partial charge in [0.25, 0.3) is 0 Å². The lowest BCUT2D eigenvalue weighted by Gasteiger charge is -2.25. The molecule has 0 saturated heterocycles. The molecule has 0 radical (unpaired) electrons. The first-order valence-electron chi connectivity index (χ1n) is 6.92. The summed E-state index contributed by atoms with van der Waals surface area (Å²) in [4.78, 5) is 16.7. The Morgan fingerprint density at radius 3 is 3.00 bits per heavy atom. The van der Waals surface area contributed by atoms with Crippen LogP contribution in [-0.4, -0.2) is 17.4 Å². The number of carbonyl (C=O) groups excluding carboxylic acids is 1. The maximum absolute atomic E-state index is 12.5. The molecule has 0 bridgehead atoms. The van der Waals surface area contributed by atoms with Crippen molar-refractivity contribution in [2.24, 2.45) is 0 Å². The van der Waals surface area contributed by atoms with Crippen molar-refractivity contribution in [3.05, 3.63) is 59.4 Å². The Bertz CT molecular complexity index is 636. The second kappa shape index (κ2) is 5.45. The molecule has 2 aromatic rings. The fourth-order valence-electron chi connectivity index (χ4n) is 2.74. The lowest BCUT2D eigenvalue weighted by atomic mass is 9.87. The molecule has 0 N–H and O–H groups in total. The van der Waals surface area contributed by atoms with Gasteiger partial charge in [0.1, 0.15) is 5.75 Å². The molecule has 2 heterocycles. The Labute approximate surface area is 118 Å². The van der Waals surface area contributed by atoms with Gasteiger partial charge in [-0.25, -0.2) is 0 Å². The molecule has 0 aliphatic carbocycles. The van der Waals surface area contributed by atoms with Crippen molar-refractivity contribution >= 4 is 5.78 Å². The van der Waals surface area contributed by atoms with Gasteiger partial charge in [0.15, 0.2) is 5.78 Å². The van der Waals surface area contributed by atoms with E-state index in [0.717, 1.165) is 29.0 Å². The Morgan fingerprint density at radius 2 is 2.15 bits per heavy atom. The summed E-state index contributed by atoms with van der Waals surface area (Å²) in [5, 5.41) is 0. The van der Waals surface area contributed by atoms with Crippen LogP contribution in [0.3, 0.4) is 0 Å². The van der Waals surface area contributed by atoms with Crippen molar-refractivity contribution in [1.29, 1.82) is 0 Å². The Kier molecular flexibility index (Phi) is 3.50. The SMILES string of the molecule is Cc1ncccc1C(=O)CC1CCOc2ccccc21. The molecule has 1 aromatic carbocycles. The number of benzene rings is 1. The van der Waals surface area contributed by atoms with Crippen LogP contribution in [0.5, 0.6) is 5.75 Å². The molecule has 0 amide bonds. The molecule has 3 nitrogen and oxygen atoms in total. The molecular weight excluding hydrogens is 250 g/mol. The van der Waals surface area contributed by atoms with Crippen LogP contribution in [-0.2, 0) is 0 Å². The number of aryl methyl sites for hydroxylation is 1. The molecule has 1 aliphatic heterocycles. The van der Waals surface area contributed by atoms with E-state index >= 15 is 0 Å². The second-order valence-electron chi connectivity index (χ2n) is 5.14. The summed E-state index contributed by atoms with van der Waals surface area (Å²) in [5.74, 6) is 1.32. The quantitative estimate of drug-likeness (QED) is 0.799. The zero-order valence-electron chi connectivity index (χ0n) is 11.5. The van der Waals surface area contributed by atoms with Crippen molar-refractivity contribution in [2.45, 2.75) is 25.7 Å². The van der Waals surface area contributed by atoms with Crippen LogP contribution in [0, 0.1) is 6.92 Å². The molecule has 0 saturated carbocycles. The van der Waals surface area contributed by atoms with E-state index in [1.54, 1.807) is 6.20 Å². The first-order chi connectivity index (χ1) is 9.75. The molecule has 3 heteroatoms. The third-order valence-electron chi connectivity index (χ3n) is 3.82. The van der Waals surface area contributed by atoms with Crippen molar-refractivity contribution in [1.82, 2.24) is 4.98 Å². The minimum atomic E-state index is 0.164. The van der Waals surface area contributed by atoms with E-state index in [0.29, 0.717) is 13.0 Å². The predicted octanol–water partition coefficient (Wildman–Crippen LogP) is 3.53. The number of hydrogen-bond donors (Lipinski definition) is 0. The maximum Gasteiger partial charge on any atom is 0.165 e. The fourth-order valence-corrected chi connectivity index (χ4v) is 2.74. The van der Waals surface area contributed by atoms with E-state index in [1.807, 2.05) is 37.3 Å². The van der Waals surface area contributed by atoms with Crippen LogP contribution in [0.25, 0.3) is 0 Å². The summed E-state index contributed by atoms with van der Waals surface area (Å²) < 4.78 is 5.64. The first kappa shape index (κ1) is 12.9. The lowest BCUT2D eigenvalue weighted by molar-refractivity contribution is 0.0965. The zero-order chi connectivity index (χ0) is 13.9. The molecule has 1 atom stereocenters. The summed E-state index contributed by atoms with van der Waals surface area (Å²) in [6.45, 7) is 2.56. The average molecular weight is 267 g/mol. The van der Waals surface area contributed by atoms with Crippen molar-refractivity contribution in [2.75, 3.05) is 6.61 Å². The third kappa shape index (κ3) is 2.44. The summed E-state index contributed by atoms with van der Waals surface area (Å²) in [7, 11) is 0. The van der Waals surface area contributed by atoms with E-state index in [1.165, 1.54) is 0 Å². The van der Waals surface area contributed by atoms with Gasteiger partial charge in [0.05, 0.1) is 6.61 Å². The Hall–Kier alpha value is -2.16. The largest absolute Gasteiger partial charge is 0.493 e.